The number of benzene rings is 3. The minimum atomic E-state index is -3.76. The van der Waals surface area contributed by atoms with Gasteiger partial charge in [0.25, 0.3) is 10.0 Å². The second kappa shape index (κ2) is 8.16. The van der Waals surface area contributed by atoms with Gasteiger partial charge in [0.05, 0.1) is 27.2 Å². The molecule has 3 rings (SSSR count). The lowest BCUT2D eigenvalue weighted by Gasteiger charge is -2.25. The van der Waals surface area contributed by atoms with Gasteiger partial charge in [-0.1, -0.05) is 53.0 Å². The standard InChI is InChI=1S/C22H21Cl2NO2S/c1-15-4-9-20(10-5-15)28(26,27)25(19-8-6-16(2)17(3)12-19)14-18-7-11-21(23)22(24)13-18/h4-13H,14H2,1-3H3. The summed E-state index contributed by atoms with van der Waals surface area (Å²) in [6.07, 6.45) is 0. The molecule has 28 heavy (non-hydrogen) atoms. The van der Waals surface area contributed by atoms with Crippen molar-refractivity contribution in [1.29, 1.82) is 0 Å². The molecule has 6 heteroatoms. The van der Waals surface area contributed by atoms with Crippen LogP contribution in [0.25, 0.3) is 0 Å². The molecule has 0 saturated heterocycles. The first-order valence-corrected chi connectivity index (χ1v) is 11.0. The van der Waals surface area contributed by atoms with E-state index in [0.717, 1.165) is 22.3 Å². The molecule has 0 saturated carbocycles. The van der Waals surface area contributed by atoms with Gasteiger partial charge >= 0.3 is 0 Å². The van der Waals surface area contributed by atoms with E-state index < -0.39 is 10.0 Å². The molecule has 0 aromatic heterocycles. The summed E-state index contributed by atoms with van der Waals surface area (Å²) in [5.74, 6) is 0. The van der Waals surface area contributed by atoms with Crippen molar-refractivity contribution < 1.29 is 8.42 Å². The van der Waals surface area contributed by atoms with Crippen LogP contribution in [0.2, 0.25) is 10.0 Å². The molecule has 0 spiro atoms. The van der Waals surface area contributed by atoms with Crippen LogP contribution in [0.4, 0.5) is 5.69 Å². The summed E-state index contributed by atoms with van der Waals surface area (Å²) in [6, 6.07) is 17.7. The van der Waals surface area contributed by atoms with Crippen molar-refractivity contribution in [2.24, 2.45) is 0 Å². The van der Waals surface area contributed by atoms with E-state index in [1.54, 1.807) is 42.5 Å². The molecule has 0 radical (unpaired) electrons. The number of anilines is 1. The molecule has 0 aliphatic heterocycles. The van der Waals surface area contributed by atoms with Crippen molar-refractivity contribution in [3.8, 4) is 0 Å². The number of hydrogen-bond donors (Lipinski definition) is 0. The van der Waals surface area contributed by atoms with Crippen LogP contribution in [0.5, 0.6) is 0 Å². The first-order valence-electron chi connectivity index (χ1n) is 8.79. The first-order chi connectivity index (χ1) is 13.2. The van der Waals surface area contributed by atoms with E-state index in [0.29, 0.717) is 15.7 Å². The summed E-state index contributed by atoms with van der Waals surface area (Å²) in [4.78, 5) is 0.247. The maximum Gasteiger partial charge on any atom is 0.264 e. The third-order valence-corrected chi connectivity index (χ3v) is 7.22. The van der Waals surface area contributed by atoms with E-state index in [1.807, 2.05) is 39.0 Å². The molecule has 0 amide bonds. The molecule has 0 heterocycles. The van der Waals surface area contributed by atoms with Gasteiger partial charge in [0.15, 0.2) is 0 Å². The third kappa shape index (κ3) is 4.35. The van der Waals surface area contributed by atoms with Gasteiger partial charge in [0.1, 0.15) is 0 Å². The van der Waals surface area contributed by atoms with E-state index in [-0.39, 0.29) is 11.4 Å². The number of hydrogen-bond acceptors (Lipinski definition) is 2. The van der Waals surface area contributed by atoms with Crippen molar-refractivity contribution in [3.63, 3.8) is 0 Å². The molecular weight excluding hydrogens is 413 g/mol. The zero-order valence-electron chi connectivity index (χ0n) is 15.9. The lowest BCUT2D eigenvalue weighted by molar-refractivity contribution is 0.590. The van der Waals surface area contributed by atoms with Crippen LogP contribution >= 0.6 is 23.2 Å². The largest absolute Gasteiger partial charge is 0.264 e. The minimum absolute atomic E-state index is 0.148. The topological polar surface area (TPSA) is 37.4 Å². The van der Waals surface area contributed by atoms with Crippen LogP contribution < -0.4 is 4.31 Å². The summed E-state index contributed by atoms with van der Waals surface area (Å²) in [7, 11) is -3.76. The van der Waals surface area contributed by atoms with E-state index in [2.05, 4.69) is 0 Å². The van der Waals surface area contributed by atoms with E-state index in [4.69, 9.17) is 23.2 Å². The molecule has 3 nitrogen and oxygen atoms in total. The van der Waals surface area contributed by atoms with Gasteiger partial charge in [0, 0.05) is 0 Å². The summed E-state index contributed by atoms with van der Waals surface area (Å²) < 4.78 is 28.3. The monoisotopic (exact) mass is 433 g/mol. The molecule has 0 N–H and O–H groups in total. The Hall–Kier alpha value is -2.01. The van der Waals surface area contributed by atoms with Crippen molar-refractivity contribution in [2.45, 2.75) is 32.2 Å². The van der Waals surface area contributed by atoms with Crippen LogP contribution in [-0.2, 0) is 16.6 Å². The zero-order valence-corrected chi connectivity index (χ0v) is 18.2. The van der Waals surface area contributed by atoms with Gasteiger partial charge in [-0.3, -0.25) is 4.31 Å². The van der Waals surface area contributed by atoms with Gasteiger partial charge in [-0.15, -0.1) is 0 Å². The third-order valence-electron chi connectivity index (χ3n) is 4.70. The number of nitrogens with zero attached hydrogens (tertiary/aromatic N) is 1. The second-order valence-electron chi connectivity index (χ2n) is 6.84. The van der Waals surface area contributed by atoms with Crippen LogP contribution in [0.15, 0.2) is 65.6 Å². The summed E-state index contributed by atoms with van der Waals surface area (Å²) in [5, 5.41) is 0.830. The highest BCUT2D eigenvalue weighted by Gasteiger charge is 2.25. The van der Waals surface area contributed by atoms with Crippen LogP contribution in [-0.4, -0.2) is 8.42 Å². The van der Waals surface area contributed by atoms with Gasteiger partial charge in [-0.2, -0.15) is 0 Å². The summed E-state index contributed by atoms with van der Waals surface area (Å²) >= 11 is 12.1. The molecule has 0 atom stereocenters. The van der Waals surface area contributed by atoms with Crippen molar-refractivity contribution in [3.05, 3.63) is 93.0 Å². The highest BCUT2D eigenvalue weighted by Crippen LogP contribution is 2.30. The average molecular weight is 434 g/mol. The first kappa shape index (κ1) is 20.7. The second-order valence-corrected chi connectivity index (χ2v) is 9.52. The van der Waals surface area contributed by atoms with Crippen LogP contribution in [0, 0.1) is 20.8 Å². The fraction of sp³-hybridized carbons (Fsp3) is 0.182. The van der Waals surface area contributed by atoms with E-state index >= 15 is 0 Å². The molecule has 3 aromatic carbocycles. The van der Waals surface area contributed by atoms with E-state index in [9.17, 15) is 8.42 Å². The molecule has 0 bridgehead atoms. The maximum absolute atomic E-state index is 13.5. The summed E-state index contributed by atoms with van der Waals surface area (Å²) in [5.41, 5.74) is 4.49. The predicted octanol–water partition coefficient (Wildman–Crippen LogP) is 6.31. The zero-order chi connectivity index (χ0) is 20.5. The molecule has 3 aromatic rings. The van der Waals surface area contributed by atoms with Gasteiger partial charge in [-0.05, 0) is 73.9 Å². The number of rotatable bonds is 5. The molecule has 0 aliphatic carbocycles. The normalized spacial score (nSPS) is 11.5. The average Bonchev–Trinajstić information content (AvgIpc) is 2.65. The highest BCUT2D eigenvalue weighted by molar-refractivity contribution is 7.92. The minimum Gasteiger partial charge on any atom is -0.262 e. The Morgan fingerprint density at radius 1 is 0.786 bits per heavy atom. The Balaban J connectivity index is 2.11. The Labute approximate surface area is 176 Å². The highest BCUT2D eigenvalue weighted by atomic mass is 35.5. The summed E-state index contributed by atoms with van der Waals surface area (Å²) in [6.45, 7) is 6.04. The Morgan fingerprint density at radius 2 is 1.46 bits per heavy atom. The maximum atomic E-state index is 13.5. The fourth-order valence-electron chi connectivity index (χ4n) is 2.84. The lowest BCUT2D eigenvalue weighted by Crippen LogP contribution is -2.30. The quantitative estimate of drug-likeness (QED) is 0.472. The molecular formula is C22H21Cl2NO2S. The molecule has 146 valence electrons. The smallest absolute Gasteiger partial charge is 0.262 e. The van der Waals surface area contributed by atoms with E-state index in [1.165, 1.54) is 4.31 Å². The molecule has 0 unspecified atom stereocenters. The van der Waals surface area contributed by atoms with Gasteiger partial charge in [-0.25, -0.2) is 8.42 Å². The van der Waals surface area contributed by atoms with Crippen LogP contribution in [0.1, 0.15) is 22.3 Å². The Kier molecular flexibility index (Phi) is 6.04. The van der Waals surface area contributed by atoms with Crippen molar-refractivity contribution in [1.82, 2.24) is 0 Å². The van der Waals surface area contributed by atoms with Crippen molar-refractivity contribution in [2.75, 3.05) is 4.31 Å². The van der Waals surface area contributed by atoms with Gasteiger partial charge < -0.3 is 0 Å². The van der Waals surface area contributed by atoms with Gasteiger partial charge in [0.2, 0.25) is 0 Å². The Morgan fingerprint density at radius 3 is 2.07 bits per heavy atom. The number of halogens is 2. The lowest BCUT2D eigenvalue weighted by atomic mass is 10.1. The molecule has 0 aliphatic rings. The van der Waals surface area contributed by atoms with Crippen LogP contribution in [0.3, 0.4) is 0 Å². The number of sulfonamides is 1. The molecule has 0 fully saturated rings. The van der Waals surface area contributed by atoms with Crippen molar-refractivity contribution >= 4 is 38.9 Å². The Bertz CT molecular complexity index is 1110. The predicted molar refractivity (Wildman–Crippen MR) is 117 cm³/mol. The SMILES string of the molecule is Cc1ccc(S(=O)(=O)N(Cc2ccc(Cl)c(Cl)c2)c2ccc(C)c(C)c2)cc1. The fourth-order valence-corrected chi connectivity index (χ4v) is 4.60. The number of aryl methyl sites for hydroxylation is 3.